The van der Waals surface area contributed by atoms with Crippen LogP contribution in [0.1, 0.15) is 37.7 Å². The Morgan fingerprint density at radius 2 is 1.86 bits per heavy atom. The van der Waals surface area contributed by atoms with Gasteiger partial charge in [0, 0.05) is 18.7 Å². The van der Waals surface area contributed by atoms with Crippen molar-refractivity contribution in [3.05, 3.63) is 35.9 Å². The predicted octanol–water partition coefficient (Wildman–Crippen LogP) is 2.62. The van der Waals surface area contributed by atoms with E-state index in [0.717, 1.165) is 24.2 Å². The summed E-state index contributed by atoms with van der Waals surface area (Å²) in [5.41, 5.74) is 1.07. The molecule has 1 heterocycles. The Bertz CT molecular complexity index is 521. The normalized spacial score (nSPS) is 24.0. The quantitative estimate of drug-likeness (QED) is 0.857. The molecule has 3 rings (SSSR count). The molecule has 1 aliphatic heterocycles. The number of ether oxygens (including phenoxy) is 1. The highest BCUT2D eigenvalue weighted by atomic mass is 16.5. The molecule has 0 amide bonds. The van der Waals surface area contributed by atoms with Gasteiger partial charge in [0.25, 0.3) is 0 Å². The Balaban J connectivity index is 1.94. The van der Waals surface area contributed by atoms with Gasteiger partial charge in [-0.25, -0.2) is 4.99 Å². The number of nitrogens with zero attached hydrogens (tertiary/aromatic N) is 2. The summed E-state index contributed by atoms with van der Waals surface area (Å²) in [7, 11) is 1.55. The third kappa shape index (κ3) is 3.00. The zero-order valence-corrected chi connectivity index (χ0v) is 12.5. The highest BCUT2D eigenvalue weighted by Gasteiger charge is 2.33. The lowest BCUT2D eigenvalue weighted by Gasteiger charge is -2.39. The van der Waals surface area contributed by atoms with Crippen LogP contribution in [0.4, 0.5) is 0 Å². The minimum Gasteiger partial charge on any atom is -0.353 e. The van der Waals surface area contributed by atoms with E-state index in [9.17, 15) is 4.79 Å². The third-order valence-corrected chi connectivity index (χ3v) is 4.38. The molecule has 4 nitrogen and oxygen atoms in total. The number of amidine groups is 1. The highest BCUT2D eigenvalue weighted by Crippen LogP contribution is 2.26. The SMILES string of the molecule is COC1N=C(c2ccccc2)N(C2CCCCC2)CC1=O. The number of Topliss-reactive ketones (excluding diaryl/α,β-unsaturated/α-hetero) is 1. The van der Waals surface area contributed by atoms with Crippen LogP contribution in [-0.2, 0) is 9.53 Å². The van der Waals surface area contributed by atoms with Crippen LogP contribution in [0.25, 0.3) is 0 Å². The van der Waals surface area contributed by atoms with E-state index < -0.39 is 6.23 Å². The molecule has 1 aromatic carbocycles. The molecule has 0 N–H and O–H groups in total. The molecule has 0 radical (unpaired) electrons. The van der Waals surface area contributed by atoms with Gasteiger partial charge < -0.3 is 9.64 Å². The molecule has 1 aromatic rings. The Labute approximate surface area is 125 Å². The van der Waals surface area contributed by atoms with E-state index in [4.69, 9.17) is 4.74 Å². The smallest absolute Gasteiger partial charge is 0.211 e. The maximum atomic E-state index is 12.2. The zero-order chi connectivity index (χ0) is 14.7. The van der Waals surface area contributed by atoms with Crippen LogP contribution in [0.15, 0.2) is 35.3 Å². The maximum Gasteiger partial charge on any atom is 0.211 e. The summed E-state index contributed by atoms with van der Waals surface area (Å²) in [6.45, 7) is 0.414. The Hall–Kier alpha value is -1.68. The van der Waals surface area contributed by atoms with E-state index in [2.05, 4.69) is 22.0 Å². The van der Waals surface area contributed by atoms with Gasteiger partial charge in [-0.3, -0.25) is 4.79 Å². The fourth-order valence-electron chi connectivity index (χ4n) is 3.28. The summed E-state index contributed by atoms with van der Waals surface area (Å²) in [5.74, 6) is 0.969. The molecule has 0 bridgehead atoms. The van der Waals surface area contributed by atoms with E-state index in [0.29, 0.717) is 12.6 Å². The van der Waals surface area contributed by atoms with Gasteiger partial charge in [0.05, 0.1) is 6.54 Å². The van der Waals surface area contributed by atoms with Crippen molar-refractivity contribution in [1.29, 1.82) is 0 Å². The van der Waals surface area contributed by atoms with Crippen molar-refractivity contribution >= 4 is 11.6 Å². The van der Waals surface area contributed by atoms with Crippen molar-refractivity contribution in [3.63, 3.8) is 0 Å². The fraction of sp³-hybridized carbons (Fsp3) is 0.529. The minimum atomic E-state index is -0.653. The molecule has 0 spiro atoms. The predicted molar refractivity (Wildman–Crippen MR) is 82.4 cm³/mol. The van der Waals surface area contributed by atoms with E-state index in [1.807, 2.05) is 18.2 Å². The van der Waals surface area contributed by atoms with E-state index in [1.54, 1.807) is 7.11 Å². The van der Waals surface area contributed by atoms with Crippen LogP contribution in [-0.4, -0.2) is 42.4 Å². The molecule has 1 unspecified atom stereocenters. The van der Waals surface area contributed by atoms with Crippen molar-refractivity contribution in [2.75, 3.05) is 13.7 Å². The molecular weight excluding hydrogens is 264 g/mol. The first-order valence-corrected chi connectivity index (χ1v) is 7.75. The number of methoxy groups -OCH3 is 1. The molecular formula is C17H22N2O2. The van der Waals surface area contributed by atoms with Gasteiger partial charge in [0.2, 0.25) is 12.0 Å². The molecule has 0 aromatic heterocycles. The molecule has 1 atom stereocenters. The molecule has 0 saturated heterocycles. The van der Waals surface area contributed by atoms with Crippen molar-refractivity contribution in [1.82, 2.24) is 4.90 Å². The summed E-state index contributed by atoms with van der Waals surface area (Å²) >= 11 is 0. The second-order valence-electron chi connectivity index (χ2n) is 5.79. The summed E-state index contributed by atoms with van der Waals surface area (Å²) in [5, 5.41) is 0. The number of benzene rings is 1. The van der Waals surface area contributed by atoms with Crippen LogP contribution in [0.3, 0.4) is 0 Å². The van der Waals surface area contributed by atoms with Gasteiger partial charge in [-0.2, -0.15) is 0 Å². The van der Waals surface area contributed by atoms with Gasteiger partial charge >= 0.3 is 0 Å². The lowest BCUT2D eigenvalue weighted by atomic mass is 9.93. The summed E-state index contributed by atoms with van der Waals surface area (Å²) in [6, 6.07) is 10.6. The number of rotatable bonds is 3. The molecule has 1 saturated carbocycles. The van der Waals surface area contributed by atoms with E-state index >= 15 is 0 Å². The maximum absolute atomic E-state index is 12.2. The van der Waals surface area contributed by atoms with Crippen molar-refractivity contribution in [2.24, 2.45) is 4.99 Å². The van der Waals surface area contributed by atoms with Gasteiger partial charge in [0.15, 0.2) is 0 Å². The largest absolute Gasteiger partial charge is 0.353 e. The lowest BCUT2D eigenvalue weighted by molar-refractivity contribution is -0.130. The van der Waals surface area contributed by atoms with Gasteiger partial charge in [-0.1, -0.05) is 49.6 Å². The number of aliphatic imine (C=N–C) groups is 1. The van der Waals surface area contributed by atoms with Crippen LogP contribution in [0.2, 0.25) is 0 Å². The van der Waals surface area contributed by atoms with Crippen molar-refractivity contribution in [2.45, 2.75) is 44.4 Å². The summed E-state index contributed by atoms with van der Waals surface area (Å²) in [6.07, 6.45) is 5.43. The molecule has 4 heteroatoms. The monoisotopic (exact) mass is 286 g/mol. The van der Waals surface area contributed by atoms with Crippen LogP contribution in [0, 0.1) is 0 Å². The number of carbonyl (C=O) groups is 1. The van der Waals surface area contributed by atoms with E-state index in [1.165, 1.54) is 19.3 Å². The molecule has 1 fully saturated rings. The minimum absolute atomic E-state index is 0.0581. The first kappa shape index (κ1) is 14.3. The number of carbonyl (C=O) groups excluding carboxylic acids is 1. The number of ketones is 1. The van der Waals surface area contributed by atoms with E-state index in [-0.39, 0.29) is 5.78 Å². The molecule has 112 valence electrons. The van der Waals surface area contributed by atoms with Gasteiger partial charge in [-0.15, -0.1) is 0 Å². The second-order valence-corrected chi connectivity index (χ2v) is 5.79. The summed E-state index contributed by atoms with van der Waals surface area (Å²) < 4.78 is 5.23. The van der Waals surface area contributed by atoms with Gasteiger partial charge in [-0.05, 0) is 12.8 Å². The first-order chi connectivity index (χ1) is 10.3. The lowest BCUT2D eigenvalue weighted by Crippen LogP contribution is -2.51. The average molecular weight is 286 g/mol. The first-order valence-electron chi connectivity index (χ1n) is 7.75. The van der Waals surface area contributed by atoms with Crippen LogP contribution < -0.4 is 0 Å². The van der Waals surface area contributed by atoms with Crippen molar-refractivity contribution < 1.29 is 9.53 Å². The molecule has 1 aliphatic carbocycles. The summed E-state index contributed by atoms with van der Waals surface area (Å²) in [4.78, 5) is 19.0. The molecule has 21 heavy (non-hydrogen) atoms. The zero-order valence-electron chi connectivity index (χ0n) is 12.5. The number of hydrogen-bond donors (Lipinski definition) is 0. The van der Waals surface area contributed by atoms with Gasteiger partial charge in [0.1, 0.15) is 5.84 Å². The average Bonchev–Trinajstić information content (AvgIpc) is 2.56. The highest BCUT2D eigenvalue weighted by molar-refractivity contribution is 6.05. The standard InChI is InChI=1S/C17H22N2O2/c1-21-17-15(20)12-19(14-10-6-3-7-11-14)16(18-17)13-8-4-2-5-9-13/h2,4-5,8-9,14,17H,3,6-7,10-12H2,1H3. The second kappa shape index (κ2) is 6.39. The molecule has 2 aliphatic rings. The Morgan fingerprint density at radius 3 is 2.52 bits per heavy atom. The number of hydrogen-bond acceptors (Lipinski definition) is 4. The van der Waals surface area contributed by atoms with Crippen LogP contribution >= 0.6 is 0 Å². The Morgan fingerprint density at radius 1 is 1.14 bits per heavy atom. The van der Waals surface area contributed by atoms with Crippen LogP contribution in [0.5, 0.6) is 0 Å². The third-order valence-electron chi connectivity index (χ3n) is 4.38. The fourth-order valence-corrected chi connectivity index (χ4v) is 3.28. The Kier molecular flexibility index (Phi) is 4.34. The topological polar surface area (TPSA) is 41.9 Å². The van der Waals surface area contributed by atoms with Crippen molar-refractivity contribution in [3.8, 4) is 0 Å².